The van der Waals surface area contributed by atoms with Crippen molar-refractivity contribution >= 4 is 82.1 Å². The molecule has 0 bridgehead atoms. The summed E-state index contributed by atoms with van der Waals surface area (Å²) in [5.41, 5.74) is 12.0. The minimum absolute atomic E-state index is 0.906. The van der Waals surface area contributed by atoms with Crippen molar-refractivity contribution in [1.29, 1.82) is 0 Å². The van der Waals surface area contributed by atoms with Crippen LogP contribution in [0.25, 0.3) is 98.4 Å². The monoisotopic (exact) mass is 763 g/mol. The number of benzene rings is 11. The van der Waals surface area contributed by atoms with Gasteiger partial charge in [-0.2, -0.15) is 0 Å². The summed E-state index contributed by atoms with van der Waals surface area (Å²) in [5.74, 6) is 0. The van der Waals surface area contributed by atoms with E-state index in [1.54, 1.807) is 0 Å². The molecule has 0 spiro atoms. The van der Waals surface area contributed by atoms with Crippen LogP contribution in [-0.2, 0) is 0 Å². The highest BCUT2D eigenvalue weighted by atomic mass is 16.3. The Hall–Kier alpha value is -7.94. The molecule has 12 rings (SSSR count). The summed E-state index contributed by atoms with van der Waals surface area (Å²) >= 11 is 0. The highest BCUT2D eigenvalue weighted by molar-refractivity contribution is 6.11. The Morgan fingerprint density at radius 2 is 0.683 bits per heavy atom. The lowest BCUT2D eigenvalue weighted by atomic mass is 9.97. The molecule has 0 amide bonds. The van der Waals surface area contributed by atoms with Gasteiger partial charge in [-0.3, -0.25) is 0 Å². The Bertz CT molecular complexity index is 3420. The lowest BCUT2D eigenvalue weighted by Gasteiger charge is -2.26. The van der Waals surface area contributed by atoms with E-state index in [-0.39, 0.29) is 0 Å². The van der Waals surface area contributed by atoms with Crippen molar-refractivity contribution in [3.05, 3.63) is 224 Å². The first-order valence-corrected chi connectivity index (χ1v) is 20.6. The first-order chi connectivity index (χ1) is 29.7. The van der Waals surface area contributed by atoms with E-state index < -0.39 is 0 Å². The van der Waals surface area contributed by atoms with Crippen LogP contribution in [0.15, 0.2) is 229 Å². The van der Waals surface area contributed by atoms with Crippen LogP contribution in [0.5, 0.6) is 0 Å². The van der Waals surface area contributed by atoms with E-state index in [4.69, 9.17) is 4.42 Å². The second-order valence-corrected chi connectivity index (χ2v) is 15.7. The van der Waals surface area contributed by atoms with Gasteiger partial charge < -0.3 is 9.32 Å². The first kappa shape index (κ1) is 34.1. The van der Waals surface area contributed by atoms with Gasteiger partial charge in [0, 0.05) is 33.4 Å². The fraction of sp³-hybridized carbons (Fsp3) is 0. The standard InChI is InChI=1S/C58H37NO/c1-3-10-50-40(8-1)16-18-45-36-43(26-34-52(45)50)38-20-28-47(29-21-38)59(49-32-24-42(25-33-49)54-13-7-14-56-55-12-5-6-15-57(55)60-58(54)56)48-30-22-39(23-31-48)44-27-35-53-46(37-44)19-17-41-9-2-4-11-51(41)53/h1-37H. The molecule has 1 aromatic heterocycles. The number of furan rings is 1. The molecule has 0 saturated heterocycles. The molecule has 60 heavy (non-hydrogen) atoms. The second kappa shape index (κ2) is 13.9. The average molecular weight is 764 g/mol. The molecule has 280 valence electrons. The zero-order valence-corrected chi connectivity index (χ0v) is 32.7. The van der Waals surface area contributed by atoms with Gasteiger partial charge in [-0.25, -0.2) is 0 Å². The number of hydrogen-bond donors (Lipinski definition) is 0. The normalized spacial score (nSPS) is 11.7. The largest absolute Gasteiger partial charge is 0.455 e. The van der Waals surface area contributed by atoms with Crippen LogP contribution < -0.4 is 4.90 Å². The molecule has 0 N–H and O–H groups in total. The Kier molecular flexibility index (Phi) is 7.89. The van der Waals surface area contributed by atoms with E-state index in [2.05, 4.69) is 217 Å². The van der Waals surface area contributed by atoms with Gasteiger partial charge in [0.05, 0.1) is 0 Å². The third kappa shape index (κ3) is 5.73. The van der Waals surface area contributed by atoms with Gasteiger partial charge in [0.15, 0.2) is 0 Å². The molecule has 0 atom stereocenters. The second-order valence-electron chi connectivity index (χ2n) is 15.7. The molecule has 0 aliphatic rings. The predicted molar refractivity (Wildman–Crippen MR) is 255 cm³/mol. The van der Waals surface area contributed by atoms with Crippen molar-refractivity contribution < 1.29 is 4.42 Å². The van der Waals surface area contributed by atoms with E-state index >= 15 is 0 Å². The highest BCUT2D eigenvalue weighted by Gasteiger charge is 2.16. The Balaban J connectivity index is 0.923. The minimum Gasteiger partial charge on any atom is -0.455 e. The van der Waals surface area contributed by atoms with Gasteiger partial charge in [0.1, 0.15) is 11.2 Å². The maximum Gasteiger partial charge on any atom is 0.143 e. The quantitative estimate of drug-likeness (QED) is 0.157. The van der Waals surface area contributed by atoms with Gasteiger partial charge in [-0.05, 0) is 126 Å². The molecule has 12 aromatic rings. The van der Waals surface area contributed by atoms with Crippen LogP contribution in [0, 0.1) is 0 Å². The summed E-state index contributed by atoms with van der Waals surface area (Å²) in [6, 6.07) is 81.3. The van der Waals surface area contributed by atoms with Crippen LogP contribution in [-0.4, -0.2) is 0 Å². The summed E-state index contributed by atoms with van der Waals surface area (Å²) in [6.45, 7) is 0. The molecular formula is C58H37NO. The third-order valence-electron chi connectivity index (χ3n) is 12.2. The van der Waals surface area contributed by atoms with Crippen molar-refractivity contribution in [3.63, 3.8) is 0 Å². The lowest BCUT2D eigenvalue weighted by molar-refractivity contribution is 0.670. The van der Waals surface area contributed by atoms with Crippen molar-refractivity contribution in [2.45, 2.75) is 0 Å². The van der Waals surface area contributed by atoms with Crippen LogP contribution in [0.1, 0.15) is 0 Å². The summed E-state index contributed by atoms with van der Waals surface area (Å²) in [7, 11) is 0. The Morgan fingerprint density at radius 1 is 0.267 bits per heavy atom. The molecule has 0 unspecified atom stereocenters. The molecule has 11 aromatic carbocycles. The summed E-state index contributed by atoms with van der Waals surface area (Å²) in [6.07, 6.45) is 0. The van der Waals surface area contributed by atoms with Crippen LogP contribution in [0.2, 0.25) is 0 Å². The topological polar surface area (TPSA) is 16.4 Å². The van der Waals surface area contributed by atoms with Gasteiger partial charge in [0.2, 0.25) is 0 Å². The van der Waals surface area contributed by atoms with Crippen molar-refractivity contribution in [2.24, 2.45) is 0 Å². The number of anilines is 3. The van der Waals surface area contributed by atoms with E-state index in [1.165, 1.54) is 65.3 Å². The molecule has 1 heterocycles. The average Bonchev–Trinajstić information content (AvgIpc) is 3.71. The molecular weight excluding hydrogens is 727 g/mol. The summed E-state index contributed by atoms with van der Waals surface area (Å²) in [4.78, 5) is 2.35. The maximum absolute atomic E-state index is 6.42. The molecule has 0 fully saturated rings. The highest BCUT2D eigenvalue weighted by Crippen LogP contribution is 2.41. The fourth-order valence-corrected chi connectivity index (χ4v) is 9.20. The zero-order valence-electron chi connectivity index (χ0n) is 32.7. The van der Waals surface area contributed by atoms with Crippen molar-refractivity contribution in [2.75, 3.05) is 4.90 Å². The molecule has 0 saturated carbocycles. The number of para-hydroxylation sites is 2. The zero-order chi connectivity index (χ0) is 39.6. The Morgan fingerprint density at radius 3 is 1.23 bits per heavy atom. The van der Waals surface area contributed by atoms with E-state index in [0.29, 0.717) is 0 Å². The SMILES string of the molecule is c1ccc2c(c1)ccc1cc(-c3ccc(N(c4ccc(-c5ccc6c(ccc7ccccc76)c5)cc4)c4ccc(-c5cccc6c5oc5ccccc56)cc4)cc3)ccc12. The molecule has 0 aliphatic carbocycles. The van der Waals surface area contributed by atoms with Gasteiger partial charge in [-0.15, -0.1) is 0 Å². The van der Waals surface area contributed by atoms with Crippen molar-refractivity contribution in [1.82, 2.24) is 0 Å². The summed E-state index contributed by atoms with van der Waals surface area (Å²) < 4.78 is 6.42. The Labute approximate surface area is 347 Å². The van der Waals surface area contributed by atoms with E-state index in [0.717, 1.165) is 50.1 Å². The number of hydrogen-bond acceptors (Lipinski definition) is 2. The van der Waals surface area contributed by atoms with Crippen LogP contribution >= 0.6 is 0 Å². The first-order valence-electron chi connectivity index (χ1n) is 20.6. The van der Waals surface area contributed by atoms with E-state index in [1.807, 2.05) is 12.1 Å². The lowest BCUT2D eigenvalue weighted by Crippen LogP contribution is -2.09. The summed E-state index contributed by atoms with van der Waals surface area (Å²) in [5, 5.41) is 12.4. The molecule has 0 radical (unpaired) electrons. The van der Waals surface area contributed by atoms with Gasteiger partial charge in [0.25, 0.3) is 0 Å². The van der Waals surface area contributed by atoms with Crippen molar-refractivity contribution in [3.8, 4) is 33.4 Å². The molecule has 0 aliphatic heterocycles. The smallest absolute Gasteiger partial charge is 0.143 e. The van der Waals surface area contributed by atoms with Gasteiger partial charge in [-0.1, -0.05) is 170 Å². The third-order valence-corrected chi connectivity index (χ3v) is 12.2. The molecule has 2 nitrogen and oxygen atoms in total. The fourth-order valence-electron chi connectivity index (χ4n) is 9.20. The minimum atomic E-state index is 0.906. The predicted octanol–water partition coefficient (Wildman–Crippen LogP) is 16.7. The van der Waals surface area contributed by atoms with Gasteiger partial charge >= 0.3 is 0 Å². The number of nitrogens with zero attached hydrogens (tertiary/aromatic N) is 1. The van der Waals surface area contributed by atoms with Crippen LogP contribution in [0.3, 0.4) is 0 Å². The van der Waals surface area contributed by atoms with E-state index in [9.17, 15) is 0 Å². The molecule has 2 heteroatoms. The number of rotatable bonds is 6. The number of fused-ring (bicyclic) bond motifs is 9. The van der Waals surface area contributed by atoms with Crippen LogP contribution in [0.4, 0.5) is 17.1 Å². The maximum atomic E-state index is 6.42.